The first-order valence-corrected chi connectivity index (χ1v) is 8.75. The number of amides is 1. The predicted molar refractivity (Wildman–Crippen MR) is 102 cm³/mol. The number of hydrogen-bond donors (Lipinski definition) is 2. The number of anilines is 1. The predicted octanol–water partition coefficient (Wildman–Crippen LogP) is 3.92. The van der Waals surface area contributed by atoms with Crippen LogP contribution in [0.3, 0.4) is 0 Å². The van der Waals surface area contributed by atoms with Crippen molar-refractivity contribution in [2.24, 2.45) is 5.92 Å². The fourth-order valence-corrected chi connectivity index (χ4v) is 2.77. The van der Waals surface area contributed by atoms with Crippen molar-refractivity contribution in [1.29, 1.82) is 0 Å². The Morgan fingerprint density at radius 3 is 2.52 bits per heavy atom. The van der Waals surface area contributed by atoms with E-state index < -0.39 is 0 Å². The first-order valence-electron chi connectivity index (χ1n) is 7.67. The molecule has 0 aliphatic heterocycles. The van der Waals surface area contributed by atoms with Crippen molar-refractivity contribution in [1.82, 2.24) is 10.3 Å². The molecule has 0 bridgehead atoms. The maximum atomic E-state index is 12.1. The van der Waals surface area contributed by atoms with Crippen LogP contribution >= 0.6 is 22.6 Å². The monoisotopic (exact) mass is 423 g/mol. The Balaban J connectivity index is 1.97. The standard InChI is InChI=1S/C18H22IN3O/c1-12(2)17(18-13(3)5-4-10-20-18)21-11-16(23)22-15-8-6-14(19)7-9-15/h4-10,12,17,21H,11H2,1-3H3,(H,22,23). The first kappa shape index (κ1) is 17.9. The Morgan fingerprint density at radius 1 is 1.22 bits per heavy atom. The van der Waals surface area contributed by atoms with Crippen LogP contribution in [-0.2, 0) is 4.79 Å². The summed E-state index contributed by atoms with van der Waals surface area (Å²) in [7, 11) is 0. The average Bonchev–Trinajstić information content (AvgIpc) is 2.51. The van der Waals surface area contributed by atoms with Crippen molar-refractivity contribution >= 4 is 34.2 Å². The van der Waals surface area contributed by atoms with Gasteiger partial charge in [0.1, 0.15) is 0 Å². The fourth-order valence-electron chi connectivity index (χ4n) is 2.41. The zero-order chi connectivity index (χ0) is 16.8. The first-order chi connectivity index (χ1) is 11.0. The van der Waals surface area contributed by atoms with Crippen molar-refractivity contribution < 1.29 is 4.79 Å². The average molecular weight is 423 g/mol. The Bertz CT molecular complexity index is 656. The van der Waals surface area contributed by atoms with Crippen LogP contribution in [0.2, 0.25) is 0 Å². The van der Waals surface area contributed by atoms with Gasteiger partial charge in [-0.25, -0.2) is 0 Å². The highest BCUT2D eigenvalue weighted by molar-refractivity contribution is 14.1. The summed E-state index contributed by atoms with van der Waals surface area (Å²) < 4.78 is 1.14. The van der Waals surface area contributed by atoms with Gasteiger partial charge in [0.05, 0.1) is 18.3 Å². The van der Waals surface area contributed by atoms with Gasteiger partial charge in [0.25, 0.3) is 0 Å². The maximum Gasteiger partial charge on any atom is 0.238 e. The van der Waals surface area contributed by atoms with Gasteiger partial charge < -0.3 is 5.32 Å². The van der Waals surface area contributed by atoms with Gasteiger partial charge in [0.15, 0.2) is 0 Å². The number of nitrogens with zero attached hydrogens (tertiary/aromatic N) is 1. The molecule has 1 unspecified atom stereocenters. The third-order valence-electron chi connectivity index (χ3n) is 3.62. The van der Waals surface area contributed by atoms with E-state index in [2.05, 4.69) is 52.1 Å². The van der Waals surface area contributed by atoms with Gasteiger partial charge in [-0.2, -0.15) is 0 Å². The summed E-state index contributed by atoms with van der Waals surface area (Å²) in [5.74, 6) is 0.292. The molecule has 0 saturated heterocycles. The Morgan fingerprint density at radius 2 is 1.91 bits per heavy atom. The molecule has 1 aromatic heterocycles. The third kappa shape index (κ3) is 5.28. The number of rotatable bonds is 6. The molecule has 23 heavy (non-hydrogen) atoms. The van der Waals surface area contributed by atoms with E-state index in [0.717, 1.165) is 20.5 Å². The molecule has 0 aliphatic carbocycles. The molecule has 1 heterocycles. The molecule has 1 atom stereocenters. The van der Waals surface area contributed by atoms with Gasteiger partial charge >= 0.3 is 0 Å². The Kier molecular flexibility index (Phi) is 6.53. The van der Waals surface area contributed by atoms with E-state index in [1.54, 1.807) is 6.20 Å². The number of pyridine rings is 1. The minimum Gasteiger partial charge on any atom is -0.325 e. The zero-order valence-corrected chi connectivity index (χ0v) is 15.8. The minimum atomic E-state index is -0.0505. The van der Waals surface area contributed by atoms with Crippen LogP contribution in [0.5, 0.6) is 0 Å². The molecule has 5 heteroatoms. The van der Waals surface area contributed by atoms with Crippen LogP contribution < -0.4 is 10.6 Å². The normalized spacial score (nSPS) is 12.2. The quantitative estimate of drug-likeness (QED) is 0.693. The molecule has 2 N–H and O–H groups in total. The molecule has 2 aromatic rings. The van der Waals surface area contributed by atoms with Crippen molar-refractivity contribution in [3.63, 3.8) is 0 Å². The summed E-state index contributed by atoms with van der Waals surface area (Å²) in [4.78, 5) is 16.6. The highest BCUT2D eigenvalue weighted by atomic mass is 127. The van der Waals surface area contributed by atoms with Gasteiger partial charge in [-0.15, -0.1) is 0 Å². The van der Waals surface area contributed by atoms with E-state index in [1.807, 2.05) is 43.3 Å². The summed E-state index contributed by atoms with van der Waals surface area (Å²) in [5, 5.41) is 6.24. The molecule has 1 aromatic carbocycles. The van der Waals surface area contributed by atoms with Gasteiger partial charge in [-0.05, 0) is 71.3 Å². The number of carbonyl (C=O) groups is 1. The third-order valence-corrected chi connectivity index (χ3v) is 4.34. The topological polar surface area (TPSA) is 54.0 Å². The Hall–Kier alpha value is -1.47. The number of nitrogens with one attached hydrogen (secondary N) is 2. The van der Waals surface area contributed by atoms with Crippen molar-refractivity contribution in [3.05, 3.63) is 57.4 Å². The zero-order valence-electron chi connectivity index (χ0n) is 13.6. The molecule has 0 spiro atoms. The summed E-state index contributed by atoms with van der Waals surface area (Å²) in [6.07, 6.45) is 1.80. The summed E-state index contributed by atoms with van der Waals surface area (Å²) in [6, 6.07) is 11.8. The lowest BCUT2D eigenvalue weighted by molar-refractivity contribution is -0.115. The largest absolute Gasteiger partial charge is 0.325 e. The number of carbonyl (C=O) groups excluding carboxylic acids is 1. The highest BCUT2D eigenvalue weighted by Gasteiger charge is 2.19. The lowest BCUT2D eigenvalue weighted by Crippen LogP contribution is -2.34. The minimum absolute atomic E-state index is 0.0505. The summed E-state index contributed by atoms with van der Waals surface area (Å²) in [5.41, 5.74) is 2.95. The van der Waals surface area contributed by atoms with E-state index in [-0.39, 0.29) is 18.5 Å². The molecular weight excluding hydrogens is 401 g/mol. The Labute approximate surface area is 151 Å². The number of aromatic nitrogens is 1. The molecular formula is C18H22IN3O. The number of halogens is 1. The van der Waals surface area contributed by atoms with Crippen LogP contribution in [0.1, 0.15) is 31.1 Å². The van der Waals surface area contributed by atoms with Crippen molar-refractivity contribution in [2.75, 3.05) is 11.9 Å². The van der Waals surface area contributed by atoms with Crippen LogP contribution in [0, 0.1) is 16.4 Å². The summed E-state index contributed by atoms with van der Waals surface area (Å²) in [6.45, 7) is 6.56. The van der Waals surface area contributed by atoms with Crippen molar-refractivity contribution in [2.45, 2.75) is 26.8 Å². The molecule has 122 valence electrons. The second kappa shape index (κ2) is 8.40. The molecule has 0 aliphatic rings. The lowest BCUT2D eigenvalue weighted by Gasteiger charge is -2.23. The molecule has 2 rings (SSSR count). The fraction of sp³-hybridized carbons (Fsp3) is 0.333. The SMILES string of the molecule is Cc1cccnc1C(NCC(=O)Nc1ccc(I)cc1)C(C)C. The van der Waals surface area contributed by atoms with E-state index in [4.69, 9.17) is 0 Å². The number of aryl methyl sites for hydroxylation is 1. The van der Waals surface area contributed by atoms with Gasteiger partial charge in [-0.3, -0.25) is 15.1 Å². The molecule has 0 saturated carbocycles. The van der Waals surface area contributed by atoms with Gasteiger partial charge in [-0.1, -0.05) is 19.9 Å². The highest BCUT2D eigenvalue weighted by Crippen LogP contribution is 2.22. The van der Waals surface area contributed by atoms with Crippen LogP contribution in [0.15, 0.2) is 42.6 Å². The number of hydrogen-bond acceptors (Lipinski definition) is 3. The molecule has 1 amide bonds. The van der Waals surface area contributed by atoms with Crippen LogP contribution in [0.4, 0.5) is 5.69 Å². The molecule has 4 nitrogen and oxygen atoms in total. The van der Waals surface area contributed by atoms with Crippen LogP contribution in [-0.4, -0.2) is 17.4 Å². The van der Waals surface area contributed by atoms with Crippen molar-refractivity contribution in [3.8, 4) is 0 Å². The second-order valence-corrected chi connectivity index (χ2v) is 7.11. The smallest absolute Gasteiger partial charge is 0.238 e. The molecule has 0 radical (unpaired) electrons. The van der Waals surface area contributed by atoms with E-state index in [1.165, 1.54) is 0 Å². The molecule has 0 fully saturated rings. The van der Waals surface area contributed by atoms with Gasteiger partial charge in [0, 0.05) is 15.5 Å². The number of benzene rings is 1. The van der Waals surface area contributed by atoms with E-state index >= 15 is 0 Å². The van der Waals surface area contributed by atoms with Gasteiger partial charge in [0.2, 0.25) is 5.91 Å². The lowest BCUT2D eigenvalue weighted by atomic mass is 9.97. The van der Waals surface area contributed by atoms with Crippen LogP contribution in [0.25, 0.3) is 0 Å². The maximum absolute atomic E-state index is 12.1. The summed E-state index contributed by atoms with van der Waals surface area (Å²) >= 11 is 2.24. The van der Waals surface area contributed by atoms with E-state index in [0.29, 0.717) is 5.92 Å². The second-order valence-electron chi connectivity index (χ2n) is 5.86. The van der Waals surface area contributed by atoms with E-state index in [9.17, 15) is 4.79 Å².